The molecule has 0 aliphatic rings. The maximum absolute atomic E-state index is 9.02. The van der Waals surface area contributed by atoms with E-state index in [-0.39, 0.29) is 6.10 Å². The molecule has 80 valence electrons. The van der Waals surface area contributed by atoms with E-state index < -0.39 is 0 Å². The average molecular weight is 197 g/mol. The lowest BCUT2D eigenvalue weighted by Crippen LogP contribution is -2.23. The zero-order chi connectivity index (χ0) is 10.4. The van der Waals surface area contributed by atoms with Crippen molar-refractivity contribution < 1.29 is 5.11 Å². The van der Waals surface area contributed by atoms with Crippen LogP contribution in [0.15, 0.2) is 12.4 Å². The van der Waals surface area contributed by atoms with Gasteiger partial charge in [-0.15, -0.1) is 0 Å². The minimum atomic E-state index is -0.211. The monoisotopic (exact) mass is 197 g/mol. The van der Waals surface area contributed by atoms with Crippen LogP contribution in [-0.2, 0) is 6.54 Å². The molecule has 0 radical (unpaired) electrons. The number of aliphatic hydroxyl groups excluding tert-OH is 1. The summed E-state index contributed by atoms with van der Waals surface area (Å²) in [5, 5.41) is 12.3. The van der Waals surface area contributed by atoms with Gasteiger partial charge in [0.15, 0.2) is 0 Å². The van der Waals surface area contributed by atoms with Crippen LogP contribution in [0.25, 0.3) is 0 Å². The standard InChI is InChI=1S/C10H19N3O/c1-9(14)3-4-11-5-7-13-8-6-12-10(13)2/h6,8-9,11,14H,3-5,7H2,1-2H3. The second-order valence-electron chi connectivity index (χ2n) is 3.56. The van der Waals surface area contributed by atoms with Crippen LogP contribution in [0.5, 0.6) is 0 Å². The zero-order valence-corrected chi connectivity index (χ0v) is 8.90. The molecular formula is C10H19N3O. The number of nitrogens with zero attached hydrogens (tertiary/aromatic N) is 2. The van der Waals surface area contributed by atoms with Crippen molar-refractivity contribution in [2.75, 3.05) is 13.1 Å². The molecule has 4 heteroatoms. The van der Waals surface area contributed by atoms with Crippen LogP contribution < -0.4 is 5.32 Å². The molecule has 0 amide bonds. The predicted octanol–water partition coefficient (Wildman–Crippen LogP) is 0.552. The summed E-state index contributed by atoms with van der Waals surface area (Å²) in [5.41, 5.74) is 0. The number of hydrogen-bond donors (Lipinski definition) is 2. The molecule has 1 aromatic heterocycles. The highest BCUT2D eigenvalue weighted by Gasteiger charge is 1.96. The van der Waals surface area contributed by atoms with E-state index in [9.17, 15) is 0 Å². The van der Waals surface area contributed by atoms with Crippen molar-refractivity contribution in [3.05, 3.63) is 18.2 Å². The van der Waals surface area contributed by atoms with E-state index in [4.69, 9.17) is 5.11 Å². The third-order valence-electron chi connectivity index (χ3n) is 2.19. The van der Waals surface area contributed by atoms with Crippen LogP contribution >= 0.6 is 0 Å². The molecule has 0 fully saturated rings. The van der Waals surface area contributed by atoms with Gasteiger partial charge in [-0.25, -0.2) is 4.98 Å². The van der Waals surface area contributed by atoms with E-state index in [0.29, 0.717) is 0 Å². The SMILES string of the molecule is Cc1nccn1CCNCCC(C)O. The van der Waals surface area contributed by atoms with E-state index in [0.717, 1.165) is 31.9 Å². The van der Waals surface area contributed by atoms with Gasteiger partial charge in [0, 0.05) is 25.5 Å². The molecule has 0 spiro atoms. The minimum absolute atomic E-state index is 0.211. The molecule has 0 saturated carbocycles. The fraction of sp³-hybridized carbons (Fsp3) is 0.700. The number of aliphatic hydroxyl groups is 1. The molecule has 1 unspecified atom stereocenters. The zero-order valence-electron chi connectivity index (χ0n) is 8.90. The highest BCUT2D eigenvalue weighted by atomic mass is 16.3. The molecule has 0 aromatic carbocycles. The van der Waals surface area contributed by atoms with Gasteiger partial charge in [-0.05, 0) is 26.8 Å². The Hall–Kier alpha value is -0.870. The molecule has 0 aliphatic heterocycles. The van der Waals surface area contributed by atoms with Gasteiger partial charge in [0.2, 0.25) is 0 Å². The van der Waals surface area contributed by atoms with E-state index in [1.807, 2.05) is 26.2 Å². The Kier molecular flexibility index (Phi) is 4.62. The normalized spacial score (nSPS) is 13.1. The second kappa shape index (κ2) is 5.78. The molecule has 1 rings (SSSR count). The first kappa shape index (κ1) is 11.2. The maximum atomic E-state index is 9.02. The smallest absolute Gasteiger partial charge is 0.105 e. The van der Waals surface area contributed by atoms with Crippen LogP contribution in [0.4, 0.5) is 0 Å². The fourth-order valence-electron chi connectivity index (χ4n) is 1.28. The molecule has 2 N–H and O–H groups in total. The summed E-state index contributed by atoms with van der Waals surface area (Å²) in [6, 6.07) is 0. The van der Waals surface area contributed by atoms with Crippen LogP contribution in [0, 0.1) is 6.92 Å². The Morgan fingerprint density at radius 1 is 1.57 bits per heavy atom. The lowest BCUT2D eigenvalue weighted by atomic mass is 10.3. The fourth-order valence-corrected chi connectivity index (χ4v) is 1.28. The molecule has 0 bridgehead atoms. The number of aromatic nitrogens is 2. The number of rotatable bonds is 6. The average Bonchev–Trinajstić information content (AvgIpc) is 2.51. The summed E-state index contributed by atoms with van der Waals surface area (Å²) in [6.07, 6.45) is 4.39. The van der Waals surface area contributed by atoms with Gasteiger partial charge < -0.3 is 15.0 Å². The molecular weight excluding hydrogens is 178 g/mol. The van der Waals surface area contributed by atoms with Crippen molar-refractivity contribution in [1.29, 1.82) is 0 Å². The Labute approximate surface area is 85.0 Å². The van der Waals surface area contributed by atoms with Crippen molar-refractivity contribution >= 4 is 0 Å². The third-order valence-corrected chi connectivity index (χ3v) is 2.19. The predicted molar refractivity (Wildman–Crippen MR) is 56.1 cm³/mol. The summed E-state index contributed by atoms with van der Waals surface area (Å²) in [6.45, 7) is 6.53. The molecule has 14 heavy (non-hydrogen) atoms. The highest BCUT2D eigenvalue weighted by molar-refractivity contribution is 4.88. The summed E-state index contributed by atoms with van der Waals surface area (Å²) in [5.74, 6) is 1.04. The molecule has 1 atom stereocenters. The van der Waals surface area contributed by atoms with Crippen LogP contribution in [0.3, 0.4) is 0 Å². The summed E-state index contributed by atoms with van der Waals surface area (Å²) in [4.78, 5) is 4.14. The van der Waals surface area contributed by atoms with E-state index in [2.05, 4.69) is 14.9 Å². The van der Waals surface area contributed by atoms with Crippen molar-refractivity contribution in [3.63, 3.8) is 0 Å². The van der Waals surface area contributed by atoms with Crippen molar-refractivity contribution in [2.45, 2.75) is 32.9 Å². The molecule has 1 heterocycles. The molecule has 0 aliphatic carbocycles. The first-order valence-corrected chi connectivity index (χ1v) is 5.06. The first-order valence-electron chi connectivity index (χ1n) is 5.06. The van der Waals surface area contributed by atoms with Crippen molar-refractivity contribution in [2.24, 2.45) is 0 Å². The summed E-state index contributed by atoms with van der Waals surface area (Å²) < 4.78 is 2.11. The molecule has 1 aromatic rings. The van der Waals surface area contributed by atoms with Crippen molar-refractivity contribution in [1.82, 2.24) is 14.9 Å². The lowest BCUT2D eigenvalue weighted by molar-refractivity contribution is 0.183. The summed E-state index contributed by atoms with van der Waals surface area (Å²) >= 11 is 0. The Bertz CT molecular complexity index is 258. The van der Waals surface area contributed by atoms with Gasteiger partial charge in [0.25, 0.3) is 0 Å². The van der Waals surface area contributed by atoms with E-state index in [1.165, 1.54) is 0 Å². The van der Waals surface area contributed by atoms with Crippen LogP contribution in [-0.4, -0.2) is 33.9 Å². The topological polar surface area (TPSA) is 50.1 Å². The second-order valence-corrected chi connectivity index (χ2v) is 3.56. The maximum Gasteiger partial charge on any atom is 0.105 e. The Morgan fingerprint density at radius 3 is 2.93 bits per heavy atom. The Balaban J connectivity index is 2.08. The largest absolute Gasteiger partial charge is 0.393 e. The number of aryl methyl sites for hydroxylation is 1. The Morgan fingerprint density at radius 2 is 2.36 bits per heavy atom. The highest BCUT2D eigenvalue weighted by Crippen LogP contribution is 1.93. The number of imidazole rings is 1. The third kappa shape index (κ3) is 3.89. The molecule has 0 saturated heterocycles. The van der Waals surface area contributed by atoms with Gasteiger partial charge in [0.1, 0.15) is 5.82 Å². The van der Waals surface area contributed by atoms with Crippen LogP contribution in [0.1, 0.15) is 19.2 Å². The quantitative estimate of drug-likeness (QED) is 0.655. The first-order chi connectivity index (χ1) is 6.70. The van der Waals surface area contributed by atoms with Gasteiger partial charge in [-0.3, -0.25) is 0 Å². The van der Waals surface area contributed by atoms with E-state index >= 15 is 0 Å². The van der Waals surface area contributed by atoms with E-state index in [1.54, 1.807) is 0 Å². The van der Waals surface area contributed by atoms with Gasteiger partial charge in [-0.1, -0.05) is 0 Å². The minimum Gasteiger partial charge on any atom is -0.393 e. The van der Waals surface area contributed by atoms with Gasteiger partial charge in [0.05, 0.1) is 6.10 Å². The van der Waals surface area contributed by atoms with Gasteiger partial charge >= 0.3 is 0 Å². The van der Waals surface area contributed by atoms with Crippen molar-refractivity contribution in [3.8, 4) is 0 Å². The summed E-state index contributed by atoms with van der Waals surface area (Å²) in [7, 11) is 0. The van der Waals surface area contributed by atoms with Gasteiger partial charge in [-0.2, -0.15) is 0 Å². The lowest BCUT2D eigenvalue weighted by Gasteiger charge is -2.07. The molecule has 4 nitrogen and oxygen atoms in total. The number of hydrogen-bond acceptors (Lipinski definition) is 3. The number of nitrogens with one attached hydrogen (secondary N) is 1. The van der Waals surface area contributed by atoms with Crippen LogP contribution in [0.2, 0.25) is 0 Å².